The third-order valence-electron chi connectivity index (χ3n) is 4.00. The molecule has 0 aromatic carbocycles. The van der Waals surface area contributed by atoms with E-state index in [0.29, 0.717) is 23.0 Å². The van der Waals surface area contributed by atoms with Gasteiger partial charge in [0.25, 0.3) is 5.91 Å². The van der Waals surface area contributed by atoms with E-state index in [9.17, 15) is 9.90 Å². The van der Waals surface area contributed by atoms with E-state index >= 15 is 0 Å². The van der Waals surface area contributed by atoms with E-state index in [1.54, 1.807) is 19.0 Å². The number of anilines is 2. The molecular weight excluding hydrogens is 274 g/mol. The molecule has 2 aliphatic rings. The Bertz CT molecular complexity index is 537. The van der Waals surface area contributed by atoms with Crippen molar-refractivity contribution in [2.75, 3.05) is 37.8 Å². The van der Waals surface area contributed by atoms with Crippen molar-refractivity contribution in [1.82, 2.24) is 4.90 Å². The first-order valence-corrected chi connectivity index (χ1v) is 7.87. The van der Waals surface area contributed by atoms with Gasteiger partial charge in [-0.05, 0) is 25.2 Å². The first-order valence-electron chi connectivity index (χ1n) is 7.06. The highest BCUT2D eigenvalue weighted by molar-refractivity contribution is 7.18. The van der Waals surface area contributed by atoms with Crippen LogP contribution in [0.2, 0.25) is 0 Å². The van der Waals surface area contributed by atoms with Gasteiger partial charge in [0.05, 0.1) is 16.8 Å². The smallest absolute Gasteiger partial charge is 0.265 e. The molecule has 2 heterocycles. The molecule has 1 saturated carbocycles. The van der Waals surface area contributed by atoms with Gasteiger partial charge in [-0.2, -0.15) is 0 Å². The lowest BCUT2D eigenvalue weighted by Crippen LogP contribution is -2.21. The number of hydrogen-bond donors (Lipinski definition) is 2. The van der Waals surface area contributed by atoms with E-state index in [2.05, 4.69) is 4.90 Å². The van der Waals surface area contributed by atoms with Gasteiger partial charge in [-0.25, -0.2) is 0 Å². The lowest BCUT2D eigenvalue weighted by atomic mass is 10.1. The third-order valence-corrected chi connectivity index (χ3v) is 5.27. The molecule has 5 nitrogen and oxygen atoms in total. The molecule has 0 spiro atoms. The summed E-state index contributed by atoms with van der Waals surface area (Å²) in [6, 6.07) is 0. The van der Waals surface area contributed by atoms with Crippen LogP contribution in [0.1, 0.15) is 40.4 Å². The Labute approximate surface area is 123 Å². The van der Waals surface area contributed by atoms with Crippen LogP contribution in [0.15, 0.2) is 0 Å². The molecule has 1 amide bonds. The van der Waals surface area contributed by atoms with Gasteiger partial charge in [-0.3, -0.25) is 4.79 Å². The maximum atomic E-state index is 12.2. The number of aliphatic hydroxyl groups is 1. The van der Waals surface area contributed by atoms with Crippen molar-refractivity contribution >= 4 is 27.9 Å². The SMILES string of the molecule is CN(C)C(=O)c1sc(N2CCC(O)C2)c(C2CC2)c1N. The van der Waals surface area contributed by atoms with Crippen LogP contribution in [0.4, 0.5) is 10.7 Å². The topological polar surface area (TPSA) is 69.8 Å². The summed E-state index contributed by atoms with van der Waals surface area (Å²) < 4.78 is 0. The molecule has 3 N–H and O–H groups in total. The fourth-order valence-corrected chi connectivity index (χ4v) is 4.10. The summed E-state index contributed by atoms with van der Waals surface area (Å²) >= 11 is 1.49. The zero-order valence-corrected chi connectivity index (χ0v) is 12.7. The number of rotatable bonds is 3. The Hall–Kier alpha value is -1.27. The lowest BCUT2D eigenvalue weighted by Gasteiger charge is -2.17. The minimum absolute atomic E-state index is 0.0274. The maximum Gasteiger partial charge on any atom is 0.265 e. The molecule has 1 saturated heterocycles. The summed E-state index contributed by atoms with van der Waals surface area (Å²) in [5.41, 5.74) is 8.07. The number of nitrogen functional groups attached to an aromatic ring is 1. The quantitative estimate of drug-likeness (QED) is 0.886. The predicted octanol–water partition coefficient (Wildman–Crippen LogP) is 1.48. The number of thiophene rings is 1. The second kappa shape index (κ2) is 4.93. The van der Waals surface area contributed by atoms with Crippen molar-refractivity contribution in [2.24, 2.45) is 0 Å². The minimum atomic E-state index is -0.265. The molecule has 6 heteroatoms. The average Bonchev–Trinajstić information content (AvgIpc) is 3.05. The molecule has 20 heavy (non-hydrogen) atoms. The second-order valence-electron chi connectivity index (χ2n) is 5.93. The summed E-state index contributed by atoms with van der Waals surface area (Å²) in [4.78, 5) is 16.6. The van der Waals surface area contributed by atoms with Crippen molar-refractivity contribution in [1.29, 1.82) is 0 Å². The maximum absolute atomic E-state index is 12.2. The van der Waals surface area contributed by atoms with E-state index in [-0.39, 0.29) is 12.0 Å². The number of nitrogens with two attached hydrogens (primary N) is 1. The van der Waals surface area contributed by atoms with Gasteiger partial charge in [0, 0.05) is 32.7 Å². The summed E-state index contributed by atoms with van der Waals surface area (Å²) in [7, 11) is 3.50. The molecule has 1 atom stereocenters. The minimum Gasteiger partial charge on any atom is -0.397 e. The zero-order chi connectivity index (χ0) is 14.4. The number of aliphatic hydroxyl groups excluding tert-OH is 1. The third kappa shape index (κ3) is 2.27. The number of carbonyl (C=O) groups excluding carboxylic acids is 1. The standard InChI is InChI=1S/C14H21N3O2S/c1-16(2)13(19)12-11(15)10(8-3-4-8)14(20-12)17-6-5-9(18)7-17/h8-9,18H,3-7,15H2,1-2H3. The van der Waals surface area contributed by atoms with Crippen LogP contribution in [-0.4, -0.2) is 49.2 Å². The summed E-state index contributed by atoms with van der Waals surface area (Å²) in [5.74, 6) is 0.475. The van der Waals surface area contributed by atoms with E-state index in [1.807, 2.05) is 0 Å². The van der Waals surface area contributed by atoms with Crippen molar-refractivity contribution < 1.29 is 9.90 Å². The number of nitrogens with zero attached hydrogens (tertiary/aromatic N) is 2. The van der Waals surface area contributed by atoms with E-state index in [1.165, 1.54) is 11.3 Å². The molecule has 1 aromatic heterocycles. The van der Waals surface area contributed by atoms with Gasteiger partial charge in [0.15, 0.2) is 0 Å². The van der Waals surface area contributed by atoms with Gasteiger partial charge < -0.3 is 20.6 Å². The van der Waals surface area contributed by atoms with Gasteiger partial charge >= 0.3 is 0 Å². The molecule has 0 radical (unpaired) electrons. The Morgan fingerprint density at radius 3 is 2.60 bits per heavy atom. The summed E-state index contributed by atoms with van der Waals surface area (Å²) in [5, 5.41) is 10.8. The molecule has 110 valence electrons. The fraction of sp³-hybridized carbons (Fsp3) is 0.643. The number of carbonyl (C=O) groups is 1. The van der Waals surface area contributed by atoms with E-state index in [0.717, 1.165) is 36.4 Å². The Kier molecular flexibility index (Phi) is 3.38. The summed E-state index contributed by atoms with van der Waals surface area (Å²) in [6.45, 7) is 1.49. The molecular formula is C14H21N3O2S. The van der Waals surface area contributed by atoms with Gasteiger partial charge in [-0.1, -0.05) is 0 Å². The van der Waals surface area contributed by atoms with Gasteiger partial charge in [0.2, 0.25) is 0 Å². The Morgan fingerprint density at radius 1 is 1.40 bits per heavy atom. The molecule has 1 aliphatic heterocycles. The first-order chi connectivity index (χ1) is 9.49. The number of β-amino-alcohol motifs (C(OH)–C–C–N with tert-alkyl or cyclic N) is 1. The van der Waals surface area contributed by atoms with Crippen LogP contribution in [0.3, 0.4) is 0 Å². The fourth-order valence-electron chi connectivity index (χ4n) is 2.73. The van der Waals surface area contributed by atoms with Crippen LogP contribution in [0.5, 0.6) is 0 Å². The van der Waals surface area contributed by atoms with E-state index in [4.69, 9.17) is 5.73 Å². The van der Waals surface area contributed by atoms with Crippen LogP contribution < -0.4 is 10.6 Å². The number of amides is 1. The van der Waals surface area contributed by atoms with Gasteiger partial charge in [0.1, 0.15) is 4.88 Å². The molecule has 1 aromatic rings. The van der Waals surface area contributed by atoms with Crippen molar-refractivity contribution in [2.45, 2.75) is 31.3 Å². The van der Waals surface area contributed by atoms with Crippen molar-refractivity contribution in [3.05, 3.63) is 10.4 Å². The molecule has 0 bridgehead atoms. The lowest BCUT2D eigenvalue weighted by molar-refractivity contribution is 0.0833. The normalized spacial score (nSPS) is 22.4. The number of hydrogen-bond acceptors (Lipinski definition) is 5. The molecule has 1 unspecified atom stereocenters. The van der Waals surface area contributed by atoms with Crippen LogP contribution >= 0.6 is 11.3 Å². The van der Waals surface area contributed by atoms with Crippen molar-refractivity contribution in [3.8, 4) is 0 Å². The molecule has 2 fully saturated rings. The predicted molar refractivity (Wildman–Crippen MR) is 81.6 cm³/mol. The monoisotopic (exact) mass is 295 g/mol. The Balaban J connectivity index is 2.00. The van der Waals surface area contributed by atoms with Crippen LogP contribution in [0, 0.1) is 0 Å². The Morgan fingerprint density at radius 2 is 2.10 bits per heavy atom. The second-order valence-corrected chi connectivity index (χ2v) is 6.93. The van der Waals surface area contributed by atoms with Gasteiger partial charge in [-0.15, -0.1) is 11.3 Å². The average molecular weight is 295 g/mol. The van der Waals surface area contributed by atoms with Crippen LogP contribution in [-0.2, 0) is 0 Å². The molecule has 1 aliphatic carbocycles. The van der Waals surface area contributed by atoms with E-state index < -0.39 is 0 Å². The zero-order valence-electron chi connectivity index (χ0n) is 11.9. The first kappa shape index (κ1) is 13.7. The van der Waals surface area contributed by atoms with Crippen LogP contribution in [0.25, 0.3) is 0 Å². The largest absolute Gasteiger partial charge is 0.397 e. The van der Waals surface area contributed by atoms with Crippen molar-refractivity contribution in [3.63, 3.8) is 0 Å². The highest BCUT2D eigenvalue weighted by Crippen LogP contribution is 2.52. The molecule has 3 rings (SSSR count). The highest BCUT2D eigenvalue weighted by atomic mass is 32.1. The summed E-state index contributed by atoms with van der Waals surface area (Å²) in [6.07, 6.45) is 2.83. The highest BCUT2D eigenvalue weighted by Gasteiger charge is 2.36.